The van der Waals surface area contributed by atoms with Crippen LogP contribution in [0.25, 0.3) is 0 Å². The van der Waals surface area contributed by atoms with E-state index in [0.717, 1.165) is 21.9 Å². The number of rotatable bonds is 13. The van der Waals surface area contributed by atoms with E-state index in [0.29, 0.717) is 24.4 Å². The fourth-order valence-electron chi connectivity index (χ4n) is 4.19. The standard InChI is InChI=1S/C30H37N3O5S/c1-5-20-31-30(35)23(3)32(21-24-16-18-26(38-4)19-17-24)29(34)22-33(28-15-11-10-12-25(28)6-2)39(36,37)27-13-8-7-9-14-27/h7-19,23H,5-6,20-22H2,1-4H3,(H,31,35)/t23-/m0/s1. The molecule has 0 saturated carbocycles. The molecule has 1 N–H and O–H groups in total. The van der Waals surface area contributed by atoms with Gasteiger partial charge in [0, 0.05) is 13.1 Å². The third kappa shape index (κ3) is 7.38. The Labute approximate surface area is 231 Å². The van der Waals surface area contributed by atoms with Crippen molar-refractivity contribution in [3.8, 4) is 5.75 Å². The first-order valence-electron chi connectivity index (χ1n) is 13.1. The van der Waals surface area contributed by atoms with Crippen LogP contribution in [0.4, 0.5) is 5.69 Å². The van der Waals surface area contributed by atoms with Gasteiger partial charge in [0.05, 0.1) is 17.7 Å². The molecule has 3 rings (SSSR count). The molecule has 3 aromatic rings. The van der Waals surface area contributed by atoms with E-state index >= 15 is 0 Å². The number of carbonyl (C=O) groups excluding carboxylic acids is 2. The van der Waals surface area contributed by atoms with Gasteiger partial charge in [-0.05, 0) is 61.2 Å². The van der Waals surface area contributed by atoms with E-state index in [9.17, 15) is 18.0 Å². The molecular weight excluding hydrogens is 514 g/mol. The van der Waals surface area contributed by atoms with Gasteiger partial charge in [0.1, 0.15) is 18.3 Å². The molecule has 3 aromatic carbocycles. The number of ether oxygens (including phenoxy) is 1. The summed E-state index contributed by atoms with van der Waals surface area (Å²) in [6, 6.07) is 21.6. The number of aryl methyl sites for hydroxylation is 1. The number of benzene rings is 3. The molecule has 0 bridgehead atoms. The van der Waals surface area contributed by atoms with E-state index in [-0.39, 0.29) is 17.3 Å². The molecule has 0 radical (unpaired) electrons. The Morgan fingerprint density at radius 2 is 1.56 bits per heavy atom. The summed E-state index contributed by atoms with van der Waals surface area (Å²) in [6.07, 6.45) is 1.33. The Balaban J connectivity index is 2.03. The summed E-state index contributed by atoms with van der Waals surface area (Å²) in [5.41, 5.74) is 2.01. The molecule has 1 atom stereocenters. The molecule has 0 aliphatic carbocycles. The third-order valence-corrected chi connectivity index (χ3v) is 8.25. The summed E-state index contributed by atoms with van der Waals surface area (Å²) < 4.78 is 34.2. The number of nitrogens with one attached hydrogen (secondary N) is 1. The average Bonchev–Trinajstić information content (AvgIpc) is 2.97. The van der Waals surface area contributed by atoms with Crippen LogP contribution in [-0.2, 0) is 32.6 Å². The summed E-state index contributed by atoms with van der Waals surface area (Å²) in [5.74, 6) is -0.123. The van der Waals surface area contributed by atoms with Crippen LogP contribution < -0.4 is 14.4 Å². The highest BCUT2D eigenvalue weighted by molar-refractivity contribution is 7.92. The smallest absolute Gasteiger partial charge is 0.264 e. The van der Waals surface area contributed by atoms with Crippen LogP contribution in [0, 0.1) is 0 Å². The van der Waals surface area contributed by atoms with Gasteiger partial charge in [-0.1, -0.05) is 62.4 Å². The van der Waals surface area contributed by atoms with Crippen LogP contribution >= 0.6 is 0 Å². The quantitative estimate of drug-likeness (QED) is 0.340. The van der Waals surface area contributed by atoms with Gasteiger partial charge >= 0.3 is 0 Å². The minimum absolute atomic E-state index is 0.0825. The van der Waals surface area contributed by atoms with Crippen LogP contribution in [0.5, 0.6) is 5.75 Å². The van der Waals surface area contributed by atoms with E-state index in [4.69, 9.17) is 4.74 Å². The van der Waals surface area contributed by atoms with Crippen molar-refractivity contribution in [1.82, 2.24) is 10.2 Å². The third-order valence-electron chi connectivity index (χ3n) is 6.48. The Bertz CT molecular complexity index is 1340. The van der Waals surface area contributed by atoms with Gasteiger partial charge in [-0.15, -0.1) is 0 Å². The molecule has 8 nitrogen and oxygen atoms in total. The predicted octanol–water partition coefficient (Wildman–Crippen LogP) is 4.40. The highest BCUT2D eigenvalue weighted by Gasteiger charge is 2.33. The zero-order valence-corrected chi connectivity index (χ0v) is 23.8. The molecule has 0 unspecified atom stereocenters. The minimum atomic E-state index is -4.09. The molecule has 0 aliphatic rings. The Kier molecular flexibility index (Phi) is 10.5. The number of sulfonamides is 1. The van der Waals surface area contributed by atoms with Crippen LogP contribution in [0.15, 0.2) is 83.8 Å². The summed E-state index contributed by atoms with van der Waals surface area (Å²) in [5, 5.41) is 2.85. The van der Waals surface area contributed by atoms with Crippen molar-refractivity contribution >= 4 is 27.5 Å². The van der Waals surface area contributed by atoms with Gasteiger partial charge in [-0.2, -0.15) is 0 Å². The fraction of sp³-hybridized carbons (Fsp3) is 0.333. The molecule has 0 fully saturated rings. The number of hydrogen-bond donors (Lipinski definition) is 1. The summed E-state index contributed by atoms with van der Waals surface area (Å²) in [6.45, 7) is 5.68. The number of anilines is 1. The maximum Gasteiger partial charge on any atom is 0.264 e. The number of methoxy groups -OCH3 is 1. The van der Waals surface area contributed by atoms with E-state index < -0.39 is 28.5 Å². The van der Waals surface area contributed by atoms with Crippen LogP contribution in [0.3, 0.4) is 0 Å². The summed E-state index contributed by atoms with van der Waals surface area (Å²) in [4.78, 5) is 28.4. The minimum Gasteiger partial charge on any atom is -0.497 e. The molecule has 208 valence electrons. The fourth-order valence-corrected chi connectivity index (χ4v) is 5.67. The van der Waals surface area contributed by atoms with Gasteiger partial charge in [0.25, 0.3) is 10.0 Å². The van der Waals surface area contributed by atoms with Crippen LogP contribution in [0.2, 0.25) is 0 Å². The van der Waals surface area contributed by atoms with Crippen LogP contribution in [-0.4, -0.2) is 51.4 Å². The van der Waals surface area contributed by atoms with Gasteiger partial charge < -0.3 is 15.0 Å². The van der Waals surface area contributed by atoms with Crippen molar-refractivity contribution in [2.24, 2.45) is 0 Å². The van der Waals surface area contributed by atoms with Crippen molar-refractivity contribution in [2.45, 2.75) is 51.1 Å². The summed E-state index contributed by atoms with van der Waals surface area (Å²) in [7, 11) is -2.52. The highest BCUT2D eigenvalue weighted by Crippen LogP contribution is 2.28. The van der Waals surface area contributed by atoms with Gasteiger partial charge in [-0.3, -0.25) is 13.9 Å². The van der Waals surface area contributed by atoms with Crippen molar-refractivity contribution < 1.29 is 22.7 Å². The van der Waals surface area contributed by atoms with E-state index in [2.05, 4.69) is 5.32 Å². The second kappa shape index (κ2) is 13.8. The van der Waals surface area contributed by atoms with Gasteiger partial charge in [0.15, 0.2) is 0 Å². The number of hydrogen-bond acceptors (Lipinski definition) is 5. The first kappa shape index (κ1) is 29.7. The molecule has 0 aliphatic heterocycles. The average molecular weight is 552 g/mol. The lowest BCUT2D eigenvalue weighted by atomic mass is 10.1. The molecule has 0 spiro atoms. The molecule has 0 heterocycles. The normalized spacial score (nSPS) is 11.9. The number of nitrogens with zero attached hydrogens (tertiary/aromatic N) is 2. The molecular formula is C30H37N3O5S. The van der Waals surface area contributed by atoms with Crippen molar-refractivity contribution in [1.29, 1.82) is 0 Å². The van der Waals surface area contributed by atoms with E-state index in [1.165, 1.54) is 17.0 Å². The van der Waals surface area contributed by atoms with Crippen molar-refractivity contribution in [3.05, 3.63) is 90.0 Å². The summed E-state index contributed by atoms with van der Waals surface area (Å²) >= 11 is 0. The molecule has 0 aromatic heterocycles. The van der Waals surface area contributed by atoms with Crippen molar-refractivity contribution in [2.75, 3.05) is 24.5 Å². The largest absolute Gasteiger partial charge is 0.497 e. The highest BCUT2D eigenvalue weighted by atomic mass is 32.2. The number of para-hydroxylation sites is 1. The Morgan fingerprint density at radius 3 is 2.18 bits per heavy atom. The van der Waals surface area contributed by atoms with Gasteiger partial charge in [-0.25, -0.2) is 8.42 Å². The van der Waals surface area contributed by atoms with E-state index in [1.807, 2.05) is 38.1 Å². The molecule has 0 saturated heterocycles. The maximum atomic E-state index is 14.0. The van der Waals surface area contributed by atoms with E-state index in [1.54, 1.807) is 56.5 Å². The first-order valence-corrected chi connectivity index (χ1v) is 14.5. The van der Waals surface area contributed by atoms with Crippen LogP contribution in [0.1, 0.15) is 38.3 Å². The molecule has 39 heavy (non-hydrogen) atoms. The molecule has 2 amide bonds. The number of carbonyl (C=O) groups is 2. The second-order valence-electron chi connectivity index (χ2n) is 9.14. The lowest BCUT2D eigenvalue weighted by molar-refractivity contribution is -0.139. The Hall–Kier alpha value is -3.85. The zero-order chi connectivity index (χ0) is 28.4. The predicted molar refractivity (Wildman–Crippen MR) is 153 cm³/mol. The first-order chi connectivity index (χ1) is 18.7. The lowest BCUT2D eigenvalue weighted by Gasteiger charge is -2.32. The second-order valence-corrected chi connectivity index (χ2v) is 11.0. The Morgan fingerprint density at radius 1 is 0.923 bits per heavy atom. The molecule has 9 heteroatoms. The lowest BCUT2D eigenvalue weighted by Crippen LogP contribution is -2.51. The maximum absolute atomic E-state index is 14.0. The number of amides is 2. The SMILES string of the molecule is CCCNC(=O)[C@H](C)N(Cc1ccc(OC)cc1)C(=O)CN(c1ccccc1CC)S(=O)(=O)c1ccccc1. The zero-order valence-electron chi connectivity index (χ0n) is 23.0. The monoisotopic (exact) mass is 551 g/mol. The van der Waals surface area contributed by atoms with Crippen molar-refractivity contribution in [3.63, 3.8) is 0 Å². The van der Waals surface area contributed by atoms with Gasteiger partial charge in [0.2, 0.25) is 11.8 Å². The topological polar surface area (TPSA) is 96.0 Å².